The van der Waals surface area contributed by atoms with Gasteiger partial charge in [-0.1, -0.05) is 25.2 Å². The Morgan fingerprint density at radius 1 is 1.35 bits per heavy atom. The van der Waals surface area contributed by atoms with E-state index >= 15 is 0 Å². The maximum atomic E-state index is 12.2. The molecule has 0 atom stereocenters. The van der Waals surface area contributed by atoms with E-state index in [9.17, 15) is 14.4 Å². The van der Waals surface area contributed by atoms with E-state index in [1.54, 1.807) is 0 Å². The molecule has 0 fully saturated rings. The minimum atomic E-state index is -0.697. The van der Waals surface area contributed by atoms with Gasteiger partial charge in [0.05, 0.1) is 18.2 Å². The number of anilines is 1. The van der Waals surface area contributed by atoms with Crippen molar-refractivity contribution < 1.29 is 18.7 Å². The highest BCUT2D eigenvalue weighted by molar-refractivity contribution is 7.15. The summed E-state index contributed by atoms with van der Waals surface area (Å²) in [5, 5.41) is 11.7. The summed E-state index contributed by atoms with van der Waals surface area (Å²) >= 11 is 1.28. The van der Waals surface area contributed by atoms with Crippen molar-refractivity contribution in [3.8, 4) is 0 Å². The molecule has 0 aliphatic heterocycles. The Balaban J connectivity index is 1.81. The number of esters is 1. The first kappa shape index (κ1) is 17.8. The summed E-state index contributed by atoms with van der Waals surface area (Å²) in [6.07, 6.45) is 0. The number of carbonyl (C=O) groups excluding carboxylic acids is 2. The van der Waals surface area contributed by atoms with Crippen LogP contribution in [0.5, 0.6) is 0 Å². The lowest BCUT2D eigenvalue weighted by Crippen LogP contribution is -2.24. The minimum Gasteiger partial charge on any atom is -0.465 e. The smallest absolute Gasteiger partial charge is 0.420 e. The van der Waals surface area contributed by atoms with Gasteiger partial charge in [0.2, 0.25) is 11.0 Å². The van der Waals surface area contributed by atoms with Crippen LogP contribution in [0.15, 0.2) is 27.4 Å². The first-order chi connectivity index (χ1) is 12.4. The van der Waals surface area contributed by atoms with E-state index in [0.717, 1.165) is 5.01 Å². The lowest BCUT2D eigenvalue weighted by Gasteiger charge is -2.03. The predicted octanol–water partition coefficient (Wildman–Crippen LogP) is 1.99. The predicted molar refractivity (Wildman–Crippen MR) is 94.4 cm³/mol. The highest BCUT2D eigenvalue weighted by Crippen LogP contribution is 2.22. The molecule has 0 bridgehead atoms. The van der Waals surface area contributed by atoms with Crippen LogP contribution in [0.4, 0.5) is 5.13 Å². The van der Waals surface area contributed by atoms with Crippen LogP contribution >= 0.6 is 11.3 Å². The molecule has 136 valence electrons. The fourth-order valence-electron chi connectivity index (χ4n) is 2.28. The Bertz CT molecular complexity index is 1030. The van der Waals surface area contributed by atoms with Crippen molar-refractivity contribution in [3.63, 3.8) is 0 Å². The van der Waals surface area contributed by atoms with Gasteiger partial charge in [0.25, 0.3) is 0 Å². The Morgan fingerprint density at radius 2 is 2.12 bits per heavy atom. The van der Waals surface area contributed by atoms with Gasteiger partial charge in [0, 0.05) is 5.92 Å². The van der Waals surface area contributed by atoms with Gasteiger partial charge in [-0.15, -0.1) is 10.2 Å². The zero-order valence-corrected chi connectivity index (χ0v) is 15.1. The summed E-state index contributed by atoms with van der Waals surface area (Å²) in [6, 6.07) is 4.43. The number of hydrogen-bond donors (Lipinski definition) is 1. The Hall–Kier alpha value is -3.01. The van der Waals surface area contributed by atoms with Crippen LogP contribution in [0.2, 0.25) is 0 Å². The number of nitrogens with one attached hydrogen (secondary N) is 1. The molecule has 1 aromatic carbocycles. The van der Waals surface area contributed by atoms with Gasteiger partial charge >= 0.3 is 11.7 Å². The molecule has 0 spiro atoms. The SMILES string of the molecule is COC(=O)c1ccc2c(c1)oc(=O)n2CC(=O)Nc1nnc(C(C)C)s1. The minimum absolute atomic E-state index is 0.198. The van der Waals surface area contributed by atoms with E-state index < -0.39 is 17.6 Å². The van der Waals surface area contributed by atoms with Gasteiger partial charge in [-0.3, -0.25) is 14.7 Å². The molecule has 3 rings (SSSR count). The van der Waals surface area contributed by atoms with Gasteiger partial charge in [0.15, 0.2) is 5.58 Å². The molecule has 0 saturated carbocycles. The molecule has 10 heteroatoms. The van der Waals surface area contributed by atoms with E-state index in [2.05, 4.69) is 20.3 Å². The van der Waals surface area contributed by atoms with Crippen molar-refractivity contribution in [2.45, 2.75) is 26.3 Å². The van der Waals surface area contributed by atoms with Crippen molar-refractivity contribution in [3.05, 3.63) is 39.3 Å². The third-order valence-corrected chi connectivity index (χ3v) is 4.71. The second-order valence-corrected chi connectivity index (χ2v) is 6.79. The third-order valence-electron chi connectivity index (χ3n) is 3.57. The molecular weight excluding hydrogens is 360 g/mol. The summed E-state index contributed by atoms with van der Waals surface area (Å²) in [7, 11) is 1.26. The number of rotatable bonds is 5. The van der Waals surface area contributed by atoms with Crippen LogP contribution in [-0.4, -0.2) is 33.8 Å². The molecule has 0 radical (unpaired) electrons. The van der Waals surface area contributed by atoms with E-state index in [-0.39, 0.29) is 23.6 Å². The first-order valence-electron chi connectivity index (χ1n) is 7.74. The van der Waals surface area contributed by atoms with Crippen LogP contribution in [-0.2, 0) is 16.1 Å². The number of aromatic nitrogens is 3. The molecule has 26 heavy (non-hydrogen) atoms. The van der Waals surface area contributed by atoms with Crippen LogP contribution in [0.25, 0.3) is 11.1 Å². The molecule has 0 aliphatic rings. The van der Waals surface area contributed by atoms with Crippen molar-refractivity contribution in [2.24, 2.45) is 0 Å². The average molecular weight is 376 g/mol. The zero-order chi connectivity index (χ0) is 18.8. The standard InChI is InChI=1S/C16H16N4O5S/c1-8(2)13-18-19-15(26-13)17-12(21)7-20-10-5-4-9(14(22)24-3)6-11(10)25-16(20)23/h4-6,8H,7H2,1-3H3,(H,17,19,21). The van der Waals surface area contributed by atoms with Crippen molar-refractivity contribution >= 4 is 39.4 Å². The number of methoxy groups -OCH3 is 1. The summed E-state index contributed by atoms with van der Waals surface area (Å²) in [5.41, 5.74) is 0.849. The summed E-state index contributed by atoms with van der Waals surface area (Å²) in [6.45, 7) is 3.71. The lowest BCUT2D eigenvalue weighted by molar-refractivity contribution is -0.116. The van der Waals surface area contributed by atoms with Gasteiger partial charge in [-0.05, 0) is 18.2 Å². The summed E-state index contributed by atoms with van der Waals surface area (Å²) in [5.74, 6) is -1.46. The van der Waals surface area contributed by atoms with Crippen LogP contribution in [0.1, 0.15) is 35.1 Å². The first-order valence-corrected chi connectivity index (χ1v) is 8.55. The monoisotopic (exact) mass is 376 g/mol. The number of ether oxygens (including phenoxy) is 1. The average Bonchev–Trinajstić information content (AvgIpc) is 3.18. The Kier molecular flexibility index (Phi) is 4.85. The van der Waals surface area contributed by atoms with Gasteiger partial charge in [-0.2, -0.15) is 0 Å². The second-order valence-electron chi connectivity index (χ2n) is 5.78. The molecule has 2 aromatic heterocycles. The van der Waals surface area contributed by atoms with Crippen molar-refractivity contribution in [1.29, 1.82) is 0 Å². The zero-order valence-electron chi connectivity index (χ0n) is 14.3. The van der Waals surface area contributed by atoms with Crippen LogP contribution < -0.4 is 11.1 Å². The van der Waals surface area contributed by atoms with Gasteiger partial charge < -0.3 is 9.15 Å². The second kappa shape index (κ2) is 7.08. The van der Waals surface area contributed by atoms with Crippen molar-refractivity contribution in [1.82, 2.24) is 14.8 Å². The quantitative estimate of drug-likeness (QED) is 0.677. The fourth-order valence-corrected chi connectivity index (χ4v) is 3.04. The van der Waals surface area contributed by atoms with E-state index in [1.165, 1.54) is 41.2 Å². The van der Waals surface area contributed by atoms with Crippen LogP contribution in [0.3, 0.4) is 0 Å². The summed E-state index contributed by atoms with van der Waals surface area (Å²) < 4.78 is 10.9. The normalized spacial score (nSPS) is 11.1. The lowest BCUT2D eigenvalue weighted by atomic mass is 10.2. The highest BCUT2D eigenvalue weighted by Gasteiger charge is 2.16. The number of oxazole rings is 1. The van der Waals surface area contributed by atoms with E-state index in [1.807, 2.05) is 13.8 Å². The molecule has 1 amide bonds. The highest BCUT2D eigenvalue weighted by atomic mass is 32.1. The van der Waals surface area contributed by atoms with E-state index in [4.69, 9.17) is 4.42 Å². The molecule has 0 aliphatic carbocycles. The number of carbonyl (C=O) groups is 2. The van der Waals surface area contributed by atoms with Gasteiger partial charge in [-0.25, -0.2) is 9.59 Å². The maximum Gasteiger partial charge on any atom is 0.420 e. The maximum absolute atomic E-state index is 12.2. The number of amides is 1. The Labute approximate surface area is 151 Å². The topological polar surface area (TPSA) is 116 Å². The number of benzene rings is 1. The fraction of sp³-hybridized carbons (Fsp3) is 0.312. The molecule has 0 unspecified atom stereocenters. The van der Waals surface area contributed by atoms with Crippen molar-refractivity contribution in [2.75, 3.05) is 12.4 Å². The molecule has 2 heterocycles. The third kappa shape index (κ3) is 3.49. The molecule has 1 N–H and O–H groups in total. The number of hydrogen-bond acceptors (Lipinski definition) is 8. The number of nitrogens with zero attached hydrogens (tertiary/aromatic N) is 3. The largest absolute Gasteiger partial charge is 0.465 e. The van der Waals surface area contributed by atoms with Crippen LogP contribution in [0, 0.1) is 0 Å². The molecule has 0 saturated heterocycles. The van der Waals surface area contributed by atoms with E-state index in [0.29, 0.717) is 10.6 Å². The Morgan fingerprint density at radius 3 is 2.77 bits per heavy atom. The molecule has 3 aromatic rings. The summed E-state index contributed by atoms with van der Waals surface area (Å²) in [4.78, 5) is 35.8. The number of fused-ring (bicyclic) bond motifs is 1. The molecule has 9 nitrogen and oxygen atoms in total. The van der Waals surface area contributed by atoms with Gasteiger partial charge in [0.1, 0.15) is 11.6 Å². The molecular formula is C16H16N4O5S.